The molecule has 0 bridgehead atoms. The number of carbonyl (C=O) groups excluding carboxylic acids is 5. The zero-order chi connectivity index (χ0) is 28.3. The van der Waals surface area contributed by atoms with E-state index >= 15 is 0 Å². The largest absolute Gasteiger partial charge is 0.481 e. The second kappa shape index (κ2) is 15.0. The van der Waals surface area contributed by atoms with Crippen LogP contribution in [0.15, 0.2) is 0 Å². The maximum atomic E-state index is 13.3. The molecule has 0 radical (unpaired) electrons. The Morgan fingerprint density at radius 1 is 1.00 bits per heavy atom. The first-order valence-corrected chi connectivity index (χ1v) is 12.2. The number of aliphatic hydroxyl groups is 1. The Hall–Kier alpha value is -3.35. The Morgan fingerprint density at radius 2 is 1.65 bits per heavy atom. The highest BCUT2D eigenvalue weighted by molar-refractivity contribution is 5.95. The molecule has 1 saturated heterocycles. The summed E-state index contributed by atoms with van der Waals surface area (Å²) in [5.74, 6) is -6.31. The van der Waals surface area contributed by atoms with E-state index < -0.39 is 78.9 Å². The average molecular weight is 528 g/mol. The smallest absolute Gasteiger partial charge is 0.306 e. The van der Waals surface area contributed by atoms with Crippen LogP contribution >= 0.6 is 0 Å². The molecule has 37 heavy (non-hydrogen) atoms. The number of carboxylic acid groups (broad SMARTS) is 2. The summed E-state index contributed by atoms with van der Waals surface area (Å²) >= 11 is 0. The minimum absolute atomic E-state index is 0.00258. The van der Waals surface area contributed by atoms with Crippen molar-refractivity contribution in [3.05, 3.63) is 0 Å². The van der Waals surface area contributed by atoms with Gasteiger partial charge in [0, 0.05) is 38.6 Å². The monoisotopic (exact) mass is 527 g/mol. The number of carboxylic acids is 2. The van der Waals surface area contributed by atoms with Crippen molar-refractivity contribution in [3.8, 4) is 0 Å². The maximum Gasteiger partial charge on any atom is 0.306 e. The molecule has 4 atom stereocenters. The summed E-state index contributed by atoms with van der Waals surface area (Å²) in [5, 5.41) is 33.0. The number of nitrogens with one attached hydrogen (secondary N) is 2. The lowest BCUT2D eigenvalue weighted by Gasteiger charge is -2.29. The molecule has 208 valence electrons. The third kappa shape index (κ3) is 11.5. The molecule has 3 amide bonds. The molecule has 0 aromatic carbocycles. The molecule has 0 unspecified atom stereocenters. The Morgan fingerprint density at radius 3 is 2.19 bits per heavy atom. The van der Waals surface area contributed by atoms with Crippen LogP contribution in [-0.2, 0) is 33.6 Å². The summed E-state index contributed by atoms with van der Waals surface area (Å²) < 4.78 is 0. The van der Waals surface area contributed by atoms with Gasteiger partial charge in [-0.3, -0.25) is 28.8 Å². The second-order valence-electron chi connectivity index (χ2n) is 9.78. The van der Waals surface area contributed by atoms with E-state index in [0.717, 1.165) is 4.90 Å². The van der Waals surface area contributed by atoms with Gasteiger partial charge < -0.3 is 35.6 Å². The SMILES string of the molecule is CC(=O)CCC(=O)N[C@@H](CC(C)C)C(=O)N1C[C@@H](O)C[C@H]1C(=O)NCC(=O)C[C@@H](CCC(=O)O)C(=O)O. The van der Waals surface area contributed by atoms with Crippen LogP contribution in [0.5, 0.6) is 0 Å². The summed E-state index contributed by atoms with van der Waals surface area (Å²) in [6, 6.07) is -2.09. The summed E-state index contributed by atoms with van der Waals surface area (Å²) in [6.07, 6.45) is -2.03. The van der Waals surface area contributed by atoms with Crippen LogP contribution in [-0.4, -0.2) is 92.7 Å². The third-order valence-electron chi connectivity index (χ3n) is 5.90. The highest BCUT2D eigenvalue weighted by Gasteiger charge is 2.41. The number of Topliss-reactive ketones (excluding diaryl/α,β-unsaturated/α-hetero) is 2. The number of nitrogens with zero attached hydrogens (tertiary/aromatic N) is 1. The average Bonchev–Trinajstić information content (AvgIpc) is 3.18. The van der Waals surface area contributed by atoms with Gasteiger partial charge in [-0.2, -0.15) is 0 Å². The van der Waals surface area contributed by atoms with Gasteiger partial charge >= 0.3 is 11.9 Å². The van der Waals surface area contributed by atoms with E-state index in [1.807, 2.05) is 13.8 Å². The zero-order valence-electron chi connectivity index (χ0n) is 21.4. The van der Waals surface area contributed by atoms with E-state index in [9.17, 15) is 43.8 Å². The molecule has 1 aliphatic rings. The number of amides is 3. The van der Waals surface area contributed by atoms with Crippen LogP contribution in [0.25, 0.3) is 0 Å². The number of carbonyl (C=O) groups is 7. The molecule has 1 fully saturated rings. The number of hydrogen-bond acceptors (Lipinski definition) is 8. The van der Waals surface area contributed by atoms with Crippen LogP contribution in [0.4, 0.5) is 0 Å². The summed E-state index contributed by atoms with van der Waals surface area (Å²) in [6.45, 7) is 4.36. The Labute approximate surface area is 215 Å². The number of likely N-dealkylation sites (tertiary alicyclic amines) is 1. The van der Waals surface area contributed by atoms with Gasteiger partial charge in [0.1, 0.15) is 17.9 Å². The first-order valence-electron chi connectivity index (χ1n) is 12.2. The van der Waals surface area contributed by atoms with Crippen LogP contribution in [0, 0.1) is 11.8 Å². The van der Waals surface area contributed by atoms with Gasteiger partial charge in [0.15, 0.2) is 5.78 Å². The lowest BCUT2D eigenvalue weighted by Crippen LogP contribution is -2.54. The summed E-state index contributed by atoms with van der Waals surface area (Å²) in [4.78, 5) is 84.9. The first-order chi connectivity index (χ1) is 17.2. The van der Waals surface area contributed by atoms with Gasteiger partial charge in [-0.05, 0) is 25.7 Å². The number of aliphatic hydroxyl groups excluding tert-OH is 1. The lowest BCUT2D eigenvalue weighted by molar-refractivity contribution is -0.145. The predicted molar refractivity (Wildman–Crippen MR) is 128 cm³/mol. The number of β-amino-alcohol motifs (C(OH)–C–C–N with tert-alkyl or cyclic N) is 1. The van der Waals surface area contributed by atoms with Crippen molar-refractivity contribution in [2.24, 2.45) is 11.8 Å². The molecule has 5 N–H and O–H groups in total. The zero-order valence-corrected chi connectivity index (χ0v) is 21.4. The fourth-order valence-electron chi connectivity index (χ4n) is 4.02. The summed E-state index contributed by atoms with van der Waals surface area (Å²) in [5.41, 5.74) is 0. The van der Waals surface area contributed by atoms with Gasteiger partial charge in [0.05, 0.1) is 18.6 Å². The highest BCUT2D eigenvalue weighted by atomic mass is 16.4. The number of ketones is 2. The predicted octanol–water partition coefficient (Wildman–Crippen LogP) is -0.511. The normalized spacial score (nSPS) is 18.7. The highest BCUT2D eigenvalue weighted by Crippen LogP contribution is 2.21. The van der Waals surface area contributed by atoms with Crippen molar-refractivity contribution in [1.29, 1.82) is 0 Å². The second-order valence-corrected chi connectivity index (χ2v) is 9.78. The molecule has 13 heteroatoms. The Kier molecular flexibility index (Phi) is 12.9. The van der Waals surface area contributed by atoms with Crippen molar-refractivity contribution in [3.63, 3.8) is 0 Å². The number of hydrogen-bond donors (Lipinski definition) is 5. The van der Waals surface area contributed by atoms with Crippen LogP contribution in [0.2, 0.25) is 0 Å². The Balaban J connectivity index is 2.83. The minimum atomic E-state index is -1.32. The molecule has 0 saturated carbocycles. The third-order valence-corrected chi connectivity index (χ3v) is 5.90. The van der Waals surface area contributed by atoms with Crippen molar-refractivity contribution in [1.82, 2.24) is 15.5 Å². The van der Waals surface area contributed by atoms with Crippen molar-refractivity contribution >= 4 is 41.2 Å². The van der Waals surface area contributed by atoms with Crippen LogP contribution in [0.3, 0.4) is 0 Å². The van der Waals surface area contributed by atoms with Crippen molar-refractivity contribution in [2.45, 2.75) is 83.9 Å². The fraction of sp³-hybridized carbons (Fsp3) is 0.708. The minimum Gasteiger partial charge on any atom is -0.481 e. The Bertz CT molecular complexity index is 888. The van der Waals surface area contributed by atoms with Gasteiger partial charge in [-0.15, -0.1) is 0 Å². The molecule has 0 aliphatic carbocycles. The van der Waals surface area contributed by atoms with Crippen LogP contribution < -0.4 is 10.6 Å². The molecule has 1 heterocycles. The van der Waals surface area contributed by atoms with E-state index in [4.69, 9.17) is 5.11 Å². The van der Waals surface area contributed by atoms with E-state index in [1.165, 1.54) is 6.92 Å². The molecule has 0 aromatic rings. The fourth-order valence-corrected chi connectivity index (χ4v) is 4.02. The van der Waals surface area contributed by atoms with Crippen LogP contribution in [0.1, 0.15) is 65.7 Å². The van der Waals surface area contributed by atoms with E-state index in [-0.39, 0.29) is 50.4 Å². The van der Waals surface area contributed by atoms with E-state index in [0.29, 0.717) is 0 Å². The quantitative estimate of drug-likeness (QED) is 0.174. The molecule has 0 aromatic heterocycles. The summed E-state index contributed by atoms with van der Waals surface area (Å²) in [7, 11) is 0. The van der Waals surface area contributed by atoms with Crippen molar-refractivity contribution in [2.75, 3.05) is 13.1 Å². The standard InChI is InChI=1S/C24H37N3O10/c1-13(2)8-18(26-20(31)6-4-14(3)28)23(35)27-12-17(30)10-19(27)22(34)25-11-16(29)9-15(24(36)37)5-7-21(32)33/h13,15,17-19,30H,4-12H2,1-3H3,(H,25,34)(H,26,31)(H,32,33)(H,36,37)/t15-,17+,18+,19+/m1/s1. The molecule has 1 aliphatic heterocycles. The molecular formula is C24H37N3O10. The lowest BCUT2D eigenvalue weighted by atomic mass is 9.97. The first kappa shape index (κ1) is 31.7. The molecule has 0 spiro atoms. The molecule has 13 nitrogen and oxygen atoms in total. The molecule has 1 rings (SSSR count). The number of rotatable bonds is 16. The topological polar surface area (TPSA) is 207 Å². The van der Waals surface area contributed by atoms with Gasteiger partial charge in [0.25, 0.3) is 0 Å². The van der Waals surface area contributed by atoms with E-state index in [1.54, 1.807) is 0 Å². The van der Waals surface area contributed by atoms with E-state index in [2.05, 4.69) is 10.6 Å². The van der Waals surface area contributed by atoms with Gasteiger partial charge in [0.2, 0.25) is 17.7 Å². The maximum absolute atomic E-state index is 13.3. The van der Waals surface area contributed by atoms with Crippen molar-refractivity contribution < 1.29 is 48.9 Å². The molecular weight excluding hydrogens is 490 g/mol. The number of aliphatic carboxylic acids is 2. The van der Waals surface area contributed by atoms with Gasteiger partial charge in [-0.1, -0.05) is 13.8 Å². The van der Waals surface area contributed by atoms with Gasteiger partial charge in [-0.25, -0.2) is 0 Å².